The Morgan fingerprint density at radius 3 is 2.38 bits per heavy atom. The number of ether oxygens (including phenoxy) is 2. The summed E-state index contributed by atoms with van der Waals surface area (Å²) in [6, 6.07) is 15.0. The van der Waals surface area contributed by atoms with Gasteiger partial charge in [-0.2, -0.15) is 0 Å². The van der Waals surface area contributed by atoms with Crippen LogP contribution in [-0.2, 0) is 9.59 Å². The molecule has 2 aromatic carbocycles. The smallest absolute Gasteiger partial charge is 0.301 e. The van der Waals surface area contributed by atoms with Gasteiger partial charge in [-0.15, -0.1) is 0 Å². The fourth-order valence-electron chi connectivity index (χ4n) is 4.07. The fourth-order valence-corrected chi connectivity index (χ4v) is 5.06. The Labute approximate surface area is 198 Å². The largest absolute Gasteiger partial charge is 0.506 e. The summed E-state index contributed by atoms with van der Waals surface area (Å²) in [6.45, 7) is 0. The van der Waals surface area contributed by atoms with E-state index in [-0.39, 0.29) is 11.1 Å². The van der Waals surface area contributed by atoms with Crippen LogP contribution < -0.4 is 14.4 Å². The minimum Gasteiger partial charge on any atom is -0.506 e. The summed E-state index contributed by atoms with van der Waals surface area (Å²) in [5, 5.41) is 11.8. The summed E-state index contributed by atoms with van der Waals surface area (Å²) in [5.41, 5.74) is 1.35. The summed E-state index contributed by atoms with van der Waals surface area (Å²) in [6.07, 6.45) is 3.15. The Kier molecular flexibility index (Phi) is 5.46. The predicted octanol–water partition coefficient (Wildman–Crippen LogP) is 4.33. The topological polar surface area (TPSA) is 102 Å². The van der Waals surface area contributed by atoms with E-state index in [0.29, 0.717) is 27.7 Å². The van der Waals surface area contributed by atoms with E-state index in [4.69, 9.17) is 9.47 Å². The number of methoxy groups -OCH3 is 2. The van der Waals surface area contributed by atoms with Gasteiger partial charge in [0.1, 0.15) is 22.8 Å². The molecule has 5 rings (SSSR count). The van der Waals surface area contributed by atoms with Crippen LogP contribution in [0.5, 0.6) is 11.5 Å². The van der Waals surface area contributed by atoms with Crippen molar-refractivity contribution >= 4 is 44.1 Å². The summed E-state index contributed by atoms with van der Waals surface area (Å²) in [4.78, 5) is 36.8. The zero-order chi connectivity index (χ0) is 23.8. The van der Waals surface area contributed by atoms with E-state index in [1.54, 1.807) is 42.7 Å². The summed E-state index contributed by atoms with van der Waals surface area (Å²) < 4.78 is 11.7. The van der Waals surface area contributed by atoms with Crippen LogP contribution in [0.25, 0.3) is 16.0 Å². The zero-order valence-electron chi connectivity index (χ0n) is 18.3. The molecule has 8 nitrogen and oxygen atoms in total. The average molecular weight is 474 g/mol. The van der Waals surface area contributed by atoms with E-state index in [1.165, 1.54) is 30.5 Å². The van der Waals surface area contributed by atoms with Gasteiger partial charge >= 0.3 is 5.91 Å². The van der Waals surface area contributed by atoms with Crippen molar-refractivity contribution in [3.63, 3.8) is 0 Å². The van der Waals surface area contributed by atoms with E-state index in [0.717, 1.165) is 4.70 Å². The number of aliphatic hydroxyl groups is 1. The number of aliphatic hydroxyl groups excluding tert-OH is 1. The maximum atomic E-state index is 13.4. The molecule has 3 heterocycles. The third kappa shape index (κ3) is 3.37. The molecule has 4 aromatic rings. The van der Waals surface area contributed by atoms with E-state index < -0.39 is 23.5 Å². The highest BCUT2D eigenvalue weighted by molar-refractivity contribution is 7.22. The molecule has 0 radical (unpaired) electrons. The lowest BCUT2D eigenvalue weighted by Crippen LogP contribution is -2.29. The Hall–Kier alpha value is -4.24. The van der Waals surface area contributed by atoms with E-state index >= 15 is 0 Å². The number of ketones is 1. The number of benzene rings is 2. The standard InChI is InChI=1S/C25H19N3O5S/c1-32-16-9-5-10-17(33-2)19(16)22(29)20-21(14-7-6-12-26-13-14)28(24(31)23(20)30)25-27-15-8-3-4-11-18(15)34-25/h3-13,21,29H,1-2H3/b22-20+. The SMILES string of the molecule is COc1cccc(OC)c1/C(O)=C1\C(=O)C(=O)N(c2nc3ccccc3s2)C1c1cccnc1. The number of para-hydroxylation sites is 1. The second-order valence-electron chi connectivity index (χ2n) is 7.46. The first-order valence-electron chi connectivity index (χ1n) is 10.3. The fraction of sp³-hybridized carbons (Fsp3) is 0.120. The molecule has 170 valence electrons. The van der Waals surface area contributed by atoms with E-state index in [2.05, 4.69) is 9.97 Å². The minimum atomic E-state index is -0.941. The maximum absolute atomic E-state index is 13.4. The van der Waals surface area contributed by atoms with Crippen LogP contribution in [0.1, 0.15) is 17.2 Å². The van der Waals surface area contributed by atoms with Crippen molar-refractivity contribution in [3.05, 3.63) is 83.7 Å². The molecule has 1 N–H and O–H groups in total. The van der Waals surface area contributed by atoms with E-state index in [9.17, 15) is 14.7 Å². The monoisotopic (exact) mass is 473 g/mol. The summed E-state index contributed by atoms with van der Waals surface area (Å²) in [7, 11) is 2.90. The number of thiazole rings is 1. The molecule has 1 saturated heterocycles. The second-order valence-corrected chi connectivity index (χ2v) is 8.47. The number of Topliss-reactive ketones (excluding diaryl/α,β-unsaturated/α-hetero) is 1. The van der Waals surface area contributed by atoms with Gasteiger partial charge in [0.2, 0.25) is 0 Å². The van der Waals surface area contributed by atoms with Crippen LogP contribution >= 0.6 is 11.3 Å². The van der Waals surface area contributed by atoms with Crippen LogP contribution in [0.3, 0.4) is 0 Å². The third-order valence-electron chi connectivity index (χ3n) is 5.60. The molecule has 0 saturated carbocycles. The molecule has 1 aliphatic heterocycles. The lowest BCUT2D eigenvalue weighted by Gasteiger charge is -2.23. The number of hydrogen-bond donors (Lipinski definition) is 1. The van der Waals surface area contributed by atoms with Crippen LogP contribution in [0.15, 0.2) is 72.6 Å². The van der Waals surface area contributed by atoms with Crippen LogP contribution in [0.4, 0.5) is 5.13 Å². The maximum Gasteiger partial charge on any atom is 0.301 e. The zero-order valence-corrected chi connectivity index (χ0v) is 19.1. The Morgan fingerprint density at radius 1 is 1.00 bits per heavy atom. The molecular formula is C25H19N3O5S. The molecule has 0 spiro atoms. The molecule has 1 amide bonds. The number of rotatable bonds is 5. The van der Waals surface area contributed by atoms with Crippen molar-refractivity contribution in [2.45, 2.75) is 6.04 Å². The number of pyridine rings is 1. The molecule has 0 aliphatic carbocycles. The van der Waals surface area contributed by atoms with Gasteiger partial charge in [0.15, 0.2) is 5.13 Å². The van der Waals surface area contributed by atoms with Gasteiger partial charge in [-0.3, -0.25) is 19.5 Å². The molecule has 9 heteroatoms. The lowest BCUT2D eigenvalue weighted by atomic mass is 9.95. The molecule has 34 heavy (non-hydrogen) atoms. The van der Waals surface area contributed by atoms with Crippen molar-refractivity contribution in [2.75, 3.05) is 19.1 Å². The van der Waals surface area contributed by atoms with Gasteiger partial charge in [0.05, 0.1) is 36.1 Å². The highest BCUT2D eigenvalue weighted by Gasteiger charge is 2.48. The Morgan fingerprint density at radius 2 is 1.74 bits per heavy atom. The number of aromatic nitrogens is 2. The van der Waals surface area contributed by atoms with Crippen molar-refractivity contribution in [1.82, 2.24) is 9.97 Å². The van der Waals surface area contributed by atoms with Gasteiger partial charge in [-0.05, 0) is 35.9 Å². The Bertz CT molecular complexity index is 1390. The molecule has 1 unspecified atom stereocenters. The quantitative estimate of drug-likeness (QED) is 0.261. The molecular weight excluding hydrogens is 454 g/mol. The highest BCUT2D eigenvalue weighted by Crippen LogP contribution is 2.46. The number of hydrogen-bond acceptors (Lipinski definition) is 8. The van der Waals surface area contributed by atoms with Crippen LogP contribution in [-0.4, -0.2) is 41.0 Å². The number of carbonyl (C=O) groups is 2. The van der Waals surface area contributed by atoms with Gasteiger partial charge < -0.3 is 14.6 Å². The number of fused-ring (bicyclic) bond motifs is 1. The lowest BCUT2D eigenvalue weighted by molar-refractivity contribution is -0.132. The van der Waals surface area contributed by atoms with Crippen LogP contribution in [0.2, 0.25) is 0 Å². The van der Waals surface area contributed by atoms with Crippen molar-refractivity contribution in [1.29, 1.82) is 0 Å². The Balaban J connectivity index is 1.77. The van der Waals surface area contributed by atoms with Crippen LogP contribution in [0, 0.1) is 0 Å². The third-order valence-corrected chi connectivity index (χ3v) is 6.63. The number of anilines is 1. The summed E-state index contributed by atoms with van der Waals surface area (Å²) >= 11 is 1.29. The summed E-state index contributed by atoms with van der Waals surface area (Å²) in [5.74, 6) is -1.42. The molecule has 2 aromatic heterocycles. The van der Waals surface area contributed by atoms with Gasteiger partial charge in [-0.25, -0.2) is 4.98 Å². The first-order valence-corrected chi connectivity index (χ1v) is 11.1. The van der Waals surface area contributed by atoms with Gasteiger partial charge in [0.25, 0.3) is 5.78 Å². The predicted molar refractivity (Wildman–Crippen MR) is 128 cm³/mol. The number of amides is 1. The molecule has 1 fully saturated rings. The van der Waals surface area contributed by atoms with Crippen molar-refractivity contribution < 1.29 is 24.2 Å². The van der Waals surface area contributed by atoms with Crippen molar-refractivity contribution in [2.24, 2.45) is 0 Å². The number of nitrogens with zero attached hydrogens (tertiary/aromatic N) is 3. The molecule has 1 aliphatic rings. The van der Waals surface area contributed by atoms with Gasteiger partial charge in [-0.1, -0.05) is 35.6 Å². The highest BCUT2D eigenvalue weighted by atomic mass is 32.1. The first-order chi connectivity index (χ1) is 16.5. The normalized spacial score (nSPS) is 17.4. The number of carbonyl (C=O) groups excluding carboxylic acids is 2. The average Bonchev–Trinajstić information content (AvgIpc) is 3.42. The minimum absolute atomic E-state index is 0.0972. The van der Waals surface area contributed by atoms with E-state index in [1.807, 2.05) is 24.3 Å². The second kappa shape index (κ2) is 8.60. The molecule has 0 bridgehead atoms. The molecule has 1 atom stereocenters. The van der Waals surface area contributed by atoms with Crippen molar-refractivity contribution in [3.8, 4) is 11.5 Å². The first kappa shape index (κ1) is 21.6. The van der Waals surface area contributed by atoms with Gasteiger partial charge in [0, 0.05) is 12.4 Å².